The number of ether oxygens (including phenoxy) is 4. The maximum absolute atomic E-state index is 16.9. The number of ketones is 2. The summed E-state index contributed by atoms with van der Waals surface area (Å²) in [5.41, 5.74) is -5.09. The van der Waals surface area contributed by atoms with Crippen molar-refractivity contribution in [1.29, 1.82) is 0 Å². The molecule has 5 heterocycles. The van der Waals surface area contributed by atoms with Gasteiger partial charge in [-0.2, -0.15) is 0 Å². The number of nitrogens with one attached hydrogen (secondary N) is 2. The van der Waals surface area contributed by atoms with Gasteiger partial charge in [0.1, 0.15) is 30.3 Å². The molecule has 0 aliphatic carbocycles. The highest BCUT2D eigenvalue weighted by Gasteiger charge is 2.58. The molecule has 3 saturated heterocycles. The number of urea groups is 1. The molecular weight excluding hydrogens is 741 g/mol. The van der Waals surface area contributed by atoms with Gasteiger partial charge in [0, 0.05) is 36.1 Å². The van der Waals surface area contributed by atoms with Gasteiger partial charge in [0.2, 0.25) is 5.76 Å². The summed E-state index contributed by atoms with van der Waals surface area (Å²) in [5, 5.41) is 21.2. The standard InChI is InChI=1S/C41H56FN5O10/c1-11-30-41(8)33(44-38(52)45-41)24(4)31(48)22(2)21-39(6,53-18-14-15-26-20-28(46-57-26)27-16-12-13-17-43-27)35(25(5)34(50)40(7,42)37(51)55-30)56-36-32(49)29(47(9)10)19-23(3)54-36/h12-13,16-17,20,22-25,29-30,32-33,35-36,49H,11,18-19,21H2,1-10H3,(H2,44,45,52)/t22-,23-,24+,25+,29+,30-,32-,33-,35-,36+,39-,40-,41-/m1/s1. The summed E-state index contributed by atoms with van der Waals surface area (Å²) in [5.74, 6) is 0.0161. The number of halogens is 1. The SMILES string of the molecule is CC[C@H]1OC(=O)[C@](C)(F)C(=O)[C@H](C)[C@@H](O[C@@H]2O[C@H](C)C[C@H](N(C)C)[C@H]2O)[C@](C)(OCC#Cc2cc(-c3ccccn3)no2)C[C@@H](C)C(=O)[C@H](C)[C@H]2NC(=O)N[C@@]21C. The lowest BCUT2D eigenvalue weighted by Crippen LogP contribution is -2.63. The van der Waals surface area contributed by atoms with Crippen molar-refractivity contribution in [3.63, 3.8) is 0 Å². The number of esters is 1. The minimum Gasteiger partial charge on any atom is -0.457 e. The molecule has 0 spiro atoms. The highest BCUT2D eigenvalue weighted by atomic mass is 19.1. The first kappa shape index (κ1) is 43.8. The molecule has 0 unspecified atom stereocenters. The average molecular weight is 798 g/mol. The molecule has 13 atom stereocenters. The highest BCUT2D eigenvalue weighted by Crippen LogP contribution is 2.40. The largest absolute Gasteiger partial charge is 0.457 e. The second-order valence-corrected chi connectivity index (χ2v) is 16.4. The lowest BCUT2D eigenvalue weighted by atomic mass is 9.72. The van der Waals surface area contributed by atoms with Gasteiger partial charge in [-0.1, -0.05) is 44.8 Å². The van der Waals surface area contributed by atoms with Crippen LogP contribution in [0.25, 0.3) is 11.4 Å². The number of carbonyl (C=O) groups excluding carboxylic acids is 4. The first-order valence-electron chi connectivity index (χ1n) is 19.5. The first-order chi connectivity index (χ1) is 26.7. The zero-order valence-corrected chi connectivity index (χ0v) is 34.3. The Bertz CT molecular complexity index is 1850. The number of cyclic esters (lactones) is 1. The topological polar surface area (TPSA) is 192 Å². The van der Waals surface area contributed by atoms with E-state index in [9.17, 15) is 24.3 Å². The normalized spacial score (nSPS) is 38.0. The van der Waals surface area contributed by atoms with Crippen LogP contribution in [-0.2, 0) is 33.3 Å². The van der Waals surface area contributed by atoms with Crippen molar-refractivity contribution >= 4 is 23.6 Å². The summed E-state index contributed by atoms with van der Waals surface area (Å²) < 4.78 is 47.2. The number of carbonyl (C=O) groups is 4. The molecule has 2 aromatic rings. The monoisotopic (exact) mass is 797 g/mol. The van der Waals surface area contributed by atoms with Crippen LogP contribution in [0.5, 0.6) is 0 Å². The zero-order valence-electron chi connectivity index (χ0n) is 34.3. The van der Waals surface area contributed by atoms with Crippen molar-refractivity contribution < 1.29 is 52.1 Å². The van der Waals surface area contributed by atoms with Crippen molar-refractivity contribution in [1.82, 2.24) is 25.7 Å². The molecule has 3 aliphatic rings. The number of hydrogen-bond acceptors (Lipinski definition) is 13. The number of alkyl halides is 1. The van der Waals surface area contributed by atoms with Gasteiger partial charge < -0.3 is 44.1 Å². The molecular formula is C41H56FN5O10. The molecule has 0 aromatic carbocycles. The third-order valence-electron chi connectivity index (χ3n) is 11.7. The summed E-state index contributed by atoms with van der Waals surface area (Å²) in [6.45, 7) is 12.1. The van der Waals surface area contributed by atoms with Crippen LogP contribution in [0.2, 0.25) is 0 Å². The Hall–Kier alpha value is -4.27. The van der Waals surface area contributed by atoms with Crippen molar-refractivity contribution in [2.45, 2.75) is 134 Å². The van der Waals surface area contributed by atoms with Crippen LogP contribution >= 0.6 is 0 Å². The van der Waals surface area contributed by atoms with Crippen LogP contribution in [0.1, 0.15) is 80.4 Å². The summed E-state index contributed by atoms with van der Waals surface area (Å²) in [6.07, 6.45) is -3.29. The Balaban J connectivity index is 1.57. The number of Topliss-reactive ketones (excluding diaryl/α,β-unsaturated/α-hetero) is 2. The van der Waals surface area contributed by atoms with Crippen LogP contribution in [0.4, 0.5) is 9.18 Å². The molecule has 15 nitrogen and oxygen atoms in total. The smallest absolute Gasteiger partial charge is 0.351 e. The Morgan fingerprint density at radius 2 is 1.79 bits per heavy atom. The quantitative estimate of drug-likeness (QED) is 0.209. The molecule has 3 aliphatic heterocycles. The van der Waals surface area contributed by atoms with Gasteiger partial charge in [-0.25, -0.2) is 14.0 Å². The molecule has 3 N–H and O–H groups in total. The van der Waals surface area contributed by atoms with Gasteiger partial charge in [0.05, 0.1) is 35.1 Å². The highest BCUT2D eigenvalue weighted by molar-refractivity contribution is 6.08. The Labute approximate surface area is 333 Å². The van der Waals surface area contributed by atoms with Crippen LogP contribution in [-0.4, -0.2) is 124 Å². The third kappa shape index (κ3) is 9.08. The van der Waals surface area contributed by atoms with Crippen molar-refractivity contribution in [2.24, 2.45) is 17.8 Å². The fraction of sp³-hybridized carbons (Fsp3) is 0.659. The molecule has 312 valence electrons. The molecule has 16 heteroatoms. The second-order valence-electron chi connectivity index (χ2n) is 16.4. The van der Waals surface area contributed by atoms with Gasteiger partial charge in [0.15, 0.2) is 12.1 Å². The van der Waals surface area contributed by atoms with E-state index in [4.69, 9.17) is 23.5 Å². The zero-order chi connectivity index (χ0) is 42.0. The molecule has 2 aromatic heterocycles. The lowest BCUT2D eigenvalue weighted by molar-refractivity contribution is -0.296. The predicted octanol–water partition coefficient (Wildman–Crippen LogP) is 3.61. The number of pyridine rings is 1. The summed E-state index contributed by atoms with van der Waals surface area (Å²) in [6, 6.07) is 5.11. The van der Waals surface area contributed by atoms with E-state index in [0.717, 1.165) is 6.92 Å². The summed E-state index contributed by atoms with van der Waals surface area (Å²) in [4.78, 5) is 61.5. The summed E-state index contributed by atoms with van der Waals surface area (Å²) in [7, 11) is 3.61. The molecule has 0 bridgehead atoms. The number of amides is 2. The van der Waals surface area contributed by atoms with Gasteiger partial charge in [-0.05, 0) is 79.1 Å². The molecule has 2 amide bonds. The van der Waals surface area contributed by atoms with E-state index < -0.39 is 89.0 Å². The number of aromatic nitrogens is 2. The number of rotatable bonds is 7. The van der Waals surface area contributed by atoms with Gasteiger partial charge >= 0.3 is 12.0 Å². The van der Waals surface area contributed by atoms with E-state index in [1.807, 2.05) is 32.0 Å². The van der Waals surface area contributed by atoms with Crippen LogP contribution in [0.15, 0.2) is 35.0 Å². The number of hydrogen-bond donors (Lipinski definition) is 3. The van der Waals surface area contributed by atoms with Crippen molar-refractivity contribution in [3.05, 3.63) is 36.2 Å². The van der Waals surface area contributed by atoms with Gasteiger partial charge in [0.25, 0.3) is 5.67 Å². The number of aliphatic hydroxyl groups is 1. The maximum atomic E-state index is 16.9. The van der Waals surface area contributed by atoms with E-state index in [2.05, 4.69) is 32.6 Å². The summed E-state index contributed by atoms with van der Waals surface area (Å²) >= 11 is 0. The first-order valence-corrected chi connectivity index (χ1v) is 19.5. The maximum Gasteiger partial charge on any atom is 0.351 e. The van der Waals surface area contributed by atoms with E-state index in [-0.39, 0.29) is 37.1 Å². The molecule has 3 fully saturated rings. The van der Waals surface area contributed by atoms with E-state index in [1.54, 1.807) is 59.0 Å². The fourth-order valence-corrected chi connectivity index (χ4v) is 8.57. The molecule has 5 rings (SSSR count). The van der Waals surface area contributed by atoms with Crippen molar-refractivity contribution in [3.8, 4) is 23.2 Å². The van der Waals surface area contributed by atoms with E-state index in [0.29, 0.717) is 17.8 Å². The van der Waals surface area contributed by atoms with Crippen LogP contribution < -0.4 is 10.6 Å². The fourth-order valence-electron chi connectivity index (χ4n) is 8.57. The number of aliphatic hydroxyl groups excluding tert-OH is 1. The third-order valence-corrected chi connectivity index (χ3v) is 11.7. The van der Waals surface area contributed by atoms with Crippen LogP contribution in [0, 0.1) is 29.6 Å². The Morgan fingerprint density at radius 3 is 2.44 bits per heavy atom. The minimum absolute atomic E-state index is 0.0861. The lowest BCUT2D eigenvalue weighted by Gasteiger charge is -2.47. The number of nitrogens with zero attached hydrogens (tertiary/aromatic N) is 3. The van der Waals surface area contributed by atoms with E-state index in [1.165, 1.54) is 6.92 Å². The van der Waals surface area contributed by atoms with Crippen LogP contribution in [0.3, 0.4) is 0 Å². The van der Waals surface area contributed by atoms with Gasteiger partial charge in [-0.3, -0.25) is 14.6 Å². The Kier molecular flexibility index (Phi) is 13.3. The molecule has 0 saturated carbocycles. The molecule has 0 radical (unpaired) electrons. The van der Waals surface area contributed by atoms with E-state index >= 15 is 4.39 Å². The number of likely N-dealkylation sites (N-methyl/N-ethyl adjacent to an activating group) is 1. The molecule has 57 heavy (non-hydrogen) atoms. The number of fused-ring (bicyclic) bond motifs is 1. The van der Waals surface area contributed by atoms with Crippen molar-refractivity contribution in [2.75, 3.05) is 20.7 Å². The second kappa shape index (κ2) is 17.3. The minimum atomic E-state index is -3.20. The Morgan fingerprint density at radius 1 is 1.07 bits per heavy atom. The van der Waals surface area contributed by atoms with Gasteiger partial charge in [-0.15, -0.1) is 0 Å². The average Bonchev–Trinajstić information content (AvgIpc) is 3.77. The predicted molar refractivity (Wildman–Crippen MR) is 204 cm³/mol.